The van der Waals surface area contributed by atoms with Crippen molar-refractivity contribution in [3.8, 4) is 0 Å². The molecular weight excluding hydrogens is 293 g/mol. The van der Waals surface area contributed by atoms with Crippen molar-refractivity contribution in [3.05, 3.63) is 34.1 Å². The predicted octanol–water partition coefficient (Wildman–Crippen LogP) is 4.82. The topological polar surface area (TPSA) is 12.0 Å². The van der Waals surface area contributed by atoms with E-state index in [0.717, 1.165) is 24.4 Å². The van der Waals surface area contributed by atoms with Crippen LogP contribution in [0.25, 0.3) is 0 Å². The minimum absolute atomic E-state index is 0.165. The Morgan fingerprint density at radius 3 is 2.78 bits per heavy atom. The molecule has 1 aromatic carbocycles. The highest BCUT2D eigenvalue weighted by molar-refractivity contribution is 9.10. The van der Waals surface area contributed by atoms with Gasteiger partial charge in [-0.25, -0.2) is 4.39 Å². The summed E-state index contributed by atoms with van der Waals surface area (Å²) in [5.74, 6) is 0.631. The quantitative estimate of drug-likeness (QED) is 0.821. The number of rotatable bonds is 5. The van der Waals surface area contributed by atoms with Gasteiger partial charge in [0, 0.05) is 6.04 Å². The molecule has 0 amide bonds. The predicted molar refractivity (Wildman–Crippen MR) is 77.1 cm³/mol. The molecule has 1 unspecified atom stereocenters. The summed E-state index contributed by atoms with van der Waals surface area (Å²) >= 11 is 3.39. The summed E-state index contributed by atoms with van der Waals surface area (Å²) in [5, 5.41) is 3.50. The van der Waals surface area contributed by atoms with Crippen molar-refractivity contribution in [1.29, 1.82) is 0 Å². The maximum atomic E-state index is 13.6. The second-order valence-electron chi connectivity index (χ2n) is 5.14. The normalized spacial score (nSPS) is 18.2. The minimum Gasteiger partial charge on any atom is -0.310 e. The molecule has 1 N–H and O–H groups in total. The van der Waals surface area contributed by atoms with E-state index in [-0.39, 0.29) is 11.9 Å². The third kappa shape index (κ3) is 3.33. The van der Waals surface area contributed by atoms with Crippen molar-refractivity contribution in [1.82, 2.24) is 5.32 Å². The minimum atomic E-state index is -0.165. The van der Waals surface area contributed by atoms with Gasteiger partial charge in [-0.1, -0.05) is 44.7 Å². The zero-order valence-corrected chi connectivity index (χ0v) is 12.5. The molecule has 0 aliphatic heterocycles. The van der Waals surface area contributed by atoms with Crippen LogP contribution in [0.15, 0.2) is 22.7 Å². The molecule has 1 aliphatic rings. The van der Waals surface area contributed by atoms with Gasteiger partial charge in [0.05, 0.1) is 4.47 Å². The molecule has 2 rings (SSSR count). The zero-order chi connectivity index (χ0) is 13.0. The Morgan fingerprint density at radius 2 is 2.11 bits per heavy atom. The first-order chi connectivity index (χ1) is 8.72. The first kappa shape index (κ1) is 14.0. The summed E-state index contributed by atoms with van der Waals surface area (Å²) in [6.45, 7) is 3.02. The molecule has 0 bridgehead atoms. The highest BCUT2D eigenvalue weighted by Gasteiger charge is 2.22. The van der Waals surface area contributed by atoms with Gasteiger partial charge >= 0.3 is 0 Å². The van der Waals surface area contributed by atoms with Crippen molar-refractivity contribution in [2.24, 2.45) is 5.92 Å². The summed E-state index contributed by atoms with van der Waals surface area (Å²) in [6.07, 6.45) is 6.49. The Balaban J connectivity index is 2.14. The highest BCUT2D eigenvalue weighted by Crippen LogP contribution is 2.35. The fourth-order valence-electron chi connectivity index (χ4n) is 2.94. The smallest absolute Gasteiger partial charge is 0.137 e. The van der Waals surface area contributed by atoms with E-state index in [4.69, 9.17) is 0 Å². The fraction of sp³-hybridized carbons (Fsp3) is 0.600. The average molecular weight is 314 g/mol. The van der Waals surface area contributed by atoms with Crippen molar-refractivity contribution in [3.63, 3.8) is 0 Å². The van der Waals surface area contributed by atoms with Gasteiger partial charge in [0.2, 0.25) is 0 Å². The molecule has 1 fully saturated rings. The van der Waals surface area contributed by atoms with Crippen LogP contribution in [0.2, 0.25) is 0 Å². The van der Waals surface area contributed by atoms with Gasteiger partial charge in [0.15, 0.2) is 0 Å². The molecule has 0 saturated heterocycles. The maximum absolute atomic E-state index is 13.6. The highest BCUT2D eigenvalue weighted by atomic mass is 79.9. The second kappa shape index (κ2) is 6.67. The molecule has 0 radical (unpaired) electrons. The molecule has 1 aromatic rings. The average Bonchev–Trinajstić information content (AvgIpc) is 2.85. The molecule has 1 atom stereocenters. The third-order valence-corrected chi connectivity index (χ3v) is 4.69. The lowest BCUT2D eigenvalue weighted by Gasteiger charge is -2.23. The number of hydrogen-bond donors (Lipinski definition) is 1. The molecule has 1 saturated carbocycles. The molecule has 0 spiro atoms. The lowest BCUT2D eigenvalue weighted by molar-refractivity contribution is 0.398. The number of hydrogen-bond acceptors (Lipinski definition) is 1. The van der Waals surface area contributed by atoms with Gasteiger partial charge in [-0.2, -0.15) is 0 Å². The van der Waals surface area contributed by atoms with Gasteiger partial charge in [-0.15, -0.1) is 0 Å². The van der Waals surface area contributed by atoms with E-state index in [1.807, 2.05) is 6.07 Å². The van der Waals surface area contributed by atoms with Gasteiger partial charge in [0.1, 0.15) is 5.82 Å². The van der Waals surface area contributed by atoms with Gasteiger partial charge < -0.3 is 5.32 Å². The summed E-state index contributed by atoms with van der Waals surface area (Å²) in [7, 11) is 0. The van der Waals surface area contributed by atoms with E-state index in [0.29, 0.717) is 4.47 Å². The van der Waals surface area contributed by atoms with Crippen LogP contribution in [0.5, 0.6) is 0 Å². The van der Waals surface area contributed by atoms with Crippen LogP contribution in [0, 0.1) is 11.7 Å². The van der Waals surface area contributed by atoms with Crippen molar-refractivity contribution < 1.29 is 4.39 Å². The van der Waals surface area contributed by atoms with Gasteiger partial charge in [0.25, 0.3) is 0 Å². The number of nitrogens with one attached hydrogen (secondary N) is 1. The first-order valence-corrected chi connectivity index (χ1v) is 7.69. The molecule has 0 heterocycles. The maximum Gasteiger partial charge on any atom is 0.137 e. The first-order valence-electron chi connectivity index (χ1n) is 6.89. The fourth-order valence-corrected chi connectivity index (χ4v) is 3.48. The molecular formula is C15H21BrFN. The van der Waals surface area contributed by atoms with Crippen LogP contribution in [-0.4, -0.2) is 6.54 Å². The Morgan fingerprint density at radius 1 is 1.39 bits per heavy atom. The summed E-state index contributed by atoms with van der Waals surface area (Å²) < 4.78 is 14.2. The van der Waals surface area contributed by atoms with Crippen molar-refractivity contribution in [2.45, 2.75) is 45.1 Å². The Hall–Kier alpha value is -0.410. The summed E-state index contributed by atoms with van der Waals surface area (Å²) in [6, 6.07) is 5.60. The molecule has 0 aromatic heterocycles. The van der Waals surface area contributed by atoms with Gasteiger partial charge in [-0.3, -0.25) is 0 Å². The lowest BCUT2D eigenvalue weighted by atomic mass is 9.93. The molecule has 3 heteroatoms. The lowest BCUT2D eigenvalue weighted by Crippen LogP contribution is -2.23. The third-order valence-electron chi connectivity index (χ3n) is 3.85. The Kier molecular flexibility index (Phi) is 5.19. The number of benzene rings is 1. The van der Waals surface area contributed by atoms with Crippen molar-refractivity contribution in [2.75, 3.05) is 6.54 Å². The second-order valence-corrected chi connectivity index (χ2v) is 5.93. The van der Waals surface area contributed by atoms with E-state index in [9.17, 15) is 4.39 Å². The van der Waals surface area contributed by atoms with Crippen LogP contribution in [-0.2, 0) is 0 Å². The Labute approximate surface area is 117 Å². The van der Waals surface area contributed by atoms with E-state index in [2.05, 4.69) is 28.2 Å². The van der Waals surface area contributed by atoms with Crippen LogP contribution < -0.4 is 5.32 Å². The Bertz CT molecular complexity index is 388. The van der Waals surface area contributed by atoms with Gasteiger partial charge in [-0.05, 0) is 46.4 Å². The molecule has 18 heavy (non-hydrogen) atoms. The van der Waals surface area contributed by atoms with E-state index < -0.39 is 0 Å². The van der Waals surface area contributed by atoms with E-state index in [1.54, 1.807) is 6.07 Å². The van der Waals surface area contributed by atoms with Crippen LogP contribution in [0.1, 0.15) is 50.6 Å². The van der Waals surface area contributed by atoms with Crippen molar-refractivity contribution >= 4 is 15.9 Å². The monoisotopic (exact) mass is 313 g/mol. The molecule has 100 valence electrons. The standard InChI is InChI=1S/C15H21BrFN/c1-2-18-14(10-11-6-3-4-7-11)12-8-5-9-13(17)15(12)16/h5,8-9,11,14,18H,2-4,6-7,10H2,1H3. The summed E-state index contributed by atoms with van der Waals surface area (Å²) in [5.41, 5.74) is 1.06. The van der Waals surface area contributed by atoms with E-state index in [1.165, 1.54) is 31.7 Å². The molecule has 1 aliphatic carbocycles. The van der Waals surface area contributed by atoms with Crippen LogP contribution in [0.3, 0.4) is 0 Å². The summed E-state index contributed by atoms with van der Waals surface area (Å²) in [4.78, 5) is 0. The SMILES string of the molecule is CCNC(CC1CCCC1)c1cccc(F)c1Br. The largest absolute Gasteiger partial charge is 0.310 e. The number of halogens is 2. The van der Waals surface area contributed by atoms with Crippen LogP contribution in [0.4, 0.5) is 4.39 Å². The van der Waals surface area contributed by atoms with E-state index >= 15 is 0 Å². The zero-order valence-electron chi connectivity index (χ0n) is 10.9. The van der Waals surface area contributed by atoms with Crippen LogP contribution >= 0.6 is 15.9 Å². The molecule has 1 nitrogen and oxygen atoms in total.